The van der Waals surface area contributed by atoms with Crippen molar-refractivity contribution in [2.45, 2.75) is 44.6 Å². The van der Waals surface area contributed by atoms with Gasteiger partial charge in [-0.05, 0) is 69.4 Å². The number of rotatable bonds is 8. The van der Waals surface area contributed by atoms with Gasteiger partial charge in [-0.1, -0.05) is 24.3 Å². The van der Waals surface area contributed by atoms with E-state index >= 15 is 0 Å². The van der Waals surface area contributed by atoms with Crippen molar-refractivity contribution in [2.24, 2.45) is 5.92 Å². The number of benzene rings is 2. The maximum absolute atomic E-state index is 13.5. The summed E-state index contributed by atoms with van der Waals surface area (Å²) in [6.45, 7) is 5.90. The minimum absolute atomic E-state index is 0.121. The lowest BCUT2D eigenvalue weighted by atomic mass is 10.1. The highest BCUT2D eigenvalue weighted by atomic mass is 32.2. The minimum Gasteiger partial charge on any atom is -0.307 e. The fourth-order valence-electron chi connectivity index (χ4n) is 3.93. The van der Waals surface area contributed by atoms with Crippen LogP contribution in [0.15, 0.2) is 65.7 Å². The van der Waals surface area contributed by atoms with Crippen LogP contribution < -0.4 is 9.62 Å². The third-order valence-corrected chi connectivity index (χ3v) is 8.00. The fraction of sp³-hybridized carbons (Fsp3) is 0.333. The maximum atomic E-state index is 13.5. The number of sulfonamides is 1. The molecule has 0 aliphatic heterocycles. The van der Waals surface area contributed by atoms with Gasteiger partial charge in [-0.15, -0.1) is 0 Å². The molecule has 0 spiro atoms. The summed E-state index contributed by atoms with van der Waals surface area (Å²) in [5, 5.41) is 7.26. The van der Waals surface area contributed by atoms with E-state index in [0.717, 1.165) is 0 Å². The Morgan fingerprint density at radius 3 is 2.56 bits per heavy atom. The van der Waals surface area contributed by atoms with Crippen molar-refractivity contribution in [1.29, 1.82) is 0 Å². The van der Waals surface area contributed by atoms with E-state index in [1.807, 2.05) is 10.7 Å². The maximum Gasteiger partial charge on any atom is 0.264 e. The summed E-state index contributed by atoms with van der Waals surface area (Å²) in [6, 6.07) is 15.7. The first-order valence-corrected chi connectivity index (χ1v) is 12.3. The molecule has 1 atom stereocenters. The van der Waals surface area contributed by atoms with Crippen LogP contribution in [-0.2, 0) is 10.0 Å². The standard InChI is InChI=1S/C24H28N4O3S/c1-4-27(21-8-6-5-7-9-21)32(30,31)22-16-20(11-10-17(22)2)24(29)26-23-14-15-25-28(23)18(3)19-12-13-19/h5-11,14-16,18-19H,4,12-13H2,1-3H3,(H,26,29). The number of carbonyl (C=O) groups is 1. The SMILES string of the molecule is CCN(c1ccccc1)S(=O)(=O)c1cc(C(=O)Nc2ccnn2C(C)C2CC2)ccc1C. The summed E-state index contributed by atoms with van der Waals surface area (Å²) in [4.78, 5) is 13.1. The van der Waals surface area contributed by atoms with Crippen LogP contribution in [0.4, 0.5) is 11.5 Å². The molecule has 1 aromatic heterocycles. The van der Waals surface area contributed by atoms with Gasteiger partial charge in [0.1, 0.15) is 5.82 Å². The van der Waals surface area contributed by atoms with Gasteiger partial charge >= 0.3 is 0 Å². The Hall–Kier alpha value is -3.13. The van der Waals surface area contributed by atoms with E-state index in [2.05, 4.69) is 17.3 Å². The Balaban J connectivity index is 1.63. The van der Waals surface area contributed by atoms with Gasteiger partial charge in [-0.25, -0.2) is 13.1 Å². The molecule has 1 aliphatic carbocycles. The fourth-order valence-corrected chi connectivity index (χ4v) is 5.66. The molecule has 0 saturated heterocycles. The molecule has 32 heavy (non-hydrogen) atoms. The van der Waals surface area contributed by atoms with Crippen LogP contribution in [0.2, 0.25) is 0 Å². The Labute approximate surface area is 189 Å². The van der Waals surface area contributed by atoms with Crippen molar-refractivity contribution in [3.05, 3.63) is 71.9 Å². The van der Waals surface area contributed by atoms with E-state index in [1.165, 1.54) is 23.2 Å². The van der Waals surface area contributed by atoms with Crippen LogP contribution >= 0.6 is 0 Å². The average Bonchev–Trinajstić information content (AvgIpc) is 3.53. The first-order chi connectivity index (χ1) is 15.3. The Kier molecular flexibility index (Phi) is 6.06. The zero-order valence-corrected chi connectivity index (χ0v) is 19.3. The van der Waals surface area contributed by atoms with Crippen molar-refractivity contribution < 1.29 is 13.2 Å². The van der Waals surface area contributed by atoms with Gasteiger partial charge in [0.2, 0.25) is 0 Å². The molecule has 1 N–H and O–H groups in total. The second kappa shape index (κ2) is 8.78. The van der Waals surface area contributed by atoms with Crippen molar-refractivity contribution in [3.63, 3.8) is 0 Å². The molecule has 7 nitrogen and oxygen atoms in total. The molecule has 1 heterocycles. The largest absolute Gasteiger partial charge is 0.307 e. The van der Waals surface area contributed by atoms with Crippen molar-refractivity contribution in [1.82, 2.24) is 9.78 Å². The van der Waals surface area contributed by atoms with Crippen LogP contribution in [0.1, 0.15) is 48.7 Å². The van der Waals surface area contributed by atoms with Gasteiger partial charge in [0.15, 0.2) is 0 Å². The molecular formula is C24H28N4O3S. The number of anilines is 2. The molecule has 4 rings (SSSR count). The number of aromatic nitrogens is 2. The molecule has 1 saturated carbocycles. The first kappa shape index (κ1) is 22.1. The topological polar surface area (TPSA) is 84.3 Å². The van der Waals surface area contributed by atoms with E-state index in [-0.39, 0.29) is 29.0 Å². The normalized spacial score (nSPS) is 14.7. The summed E-state index contributed by atoms with van der Waals surface area (Å²) >= 11 is 0. The van der Waals surface area contributed by atoms with Crippen LogP contribution in [-0.4, -0.2) is 30.7 Å². The molecule has 0 bridgehead atoms. The molecule has 1 amide bonds. The number of nitrogens with zero attached hydrogens (tertiary/aromatic N) is 3. The number of hydrogen-bond acceptors (Lipinski definition) is 4. The van der Waals surface area contributed by atoms with E-state index in [0.29, 0.717) is 23.0 Å². The second-order valence-electron chi connectivity index (χ2n) is 8.18. The van der Waals surface area contributed by atoms with Crippen molar-refractivity contribution >= 4 is 27.4 Å². The molecule has 3 aromatic rings. The summed E-state index contributed by atoms with van der Waals surface area (Å²) in [5.74, 6) is 0.826. The molecule has 0 radical (unpaired) electrons. The number of amides is 1. The first-order valence-electron chi connectivity index (χ1n) is 10.9. The smallest absolute Gasteiger partial charge is 0.264 e. The van der Waals surface area contributed by atoms with E-state index in [9.17, 15) is 13.2 Å². The lowest BCUT2D eigenvalue weighted by Crippen LogP contribution is -2.31. The van der Waals surface area contributed by atoms with Crippen LogP contribution in [0, 0.1) is 12.8 Å². The molecular weight excluding hydrogens is 424 g/mol. The van der Waals surface area contributed by atoms with Gasteiger partial charge in [0.25, 0.3) is 15.9 Å². The molecule has 8 heteroatoms. The van der Waals surface area contributed by atoms with Gasteiger partial charge in [-0.2, -0.15) is 5.10 Å². The monoisotopic (exact) mass is 452 g/mol. The highest BCUT2D eigenvalue weighted by Gasteiger charge is 2.31. The lowest BCUT2D eigenvalue weighted by Gasteiger charge is -2.24. The molecule has 1 aliphatic rings. The van der Waals surface area contributed by atoms with Gasteiger partial charge in [-0.3, -0.25) is 9.10 Å². The zero-order chi connectivity index (χ0) is 22.9. The van der Waals surface area contributed by atoms with E-state index < -0.39 is 10.0 Å². The predicted octanol–water partition coefficient (Wildman–Crippen LogP) is 4.63. The quantitative estimate of drug-likeness (QED) is 0.540. The summed E-state index contributed by atoms with van der Waals surface area (Å²) < 4.78 is 30.1. The van der Waals surface area contributed by atoms with Crippen LogP contribution in [0.25, 0.3) is 0 Å². The summed E-state index contributed by atoms with van der Waals surface area (Å²) in [5.41, 5.74) is 1.45. The molecule has 1 unspecified atom stereocenters. The number of para-hydroxylation sites is 1. The average molecular weight is 453 g/mol. The lowest BCUT2D eigenvalue weighted by molar-refractivity contribution is 0.102. The molecule has 168 valence electrons. The highest BCUT2D eigenvalue weighted by Crippen LogP contribution is 2.40. The minimum atomic E-state index is -3.84. The number of nitrogens with one attached hydrogen (secondary N) is 1. The number of aryl methyl sites for hydroxylation is 1. The molecule has 2 aromatic carbocycles. The van der Waals surface area contributed by atoms with Crippen LogP contribution in [0.5, 0.6) is 0 Å². The van der Waals surface area contributed by atoms with Crippen LogP contribution in [0.3, 0.4) is 0 Å². The summed E-state index contributed by atoms with van der Waals surface area (Å²) in [7, 11) is -3.84. The molecule has 1 fully saturated rings. The van der Waals surface area contributed by atoms with E-state index in [4.69, 9.17) is 0 Å². The predicted molar refractivity (Wildman–Crippen MR) is 125 cm³/mol. The van der Waals surface area contributed by atoms with Crippen molar-refractivity contribution in [3.8, 4) is 0 Å². The Morgan fingerprint density at radius 1 is 1.19 bits per heavy atom. The third kappa shape index (κ3) is 4.27. The van der Waals surface area contributed by atoms with Gasteiger partial charge < -0.3 is 5.32 Å². The van der Waals surface area contributed by atoms with Gasteiger partial charge in [0.05, 0.1) is 22.8 Å². The highest BCUT2D eigenvalue weighted by molar-refractivity contribution is 7.92. The number of hydrogen-bond donors (Lipinski definition) is 1. The zero-order valence-electron chi connectivity index (χ0n) is 18.5. The van der Waals surface area contributed by atoms with E-state index in [1.54, 1.807) is 62.5 Å². The van der Waals surface area contributed by atoms with Gasteiger partial charge in [0, 0.05) is 18.2 Å². The second-order valence-corrected chi connectivity index (χ2v) is 10.0. The third-order valence-electron chi connectivity index (χ3n) is 5.95. The summed E-state index contributed by atoms with van der Waals surface area (Å²) in [6.07, 6.45) is 4.00. The van der Waals surface area contributed by atoms with Crippen molar-refractivity contribution in [2.75, 3.05) is 16.2 Å². The Morgan fingerprint density at radius 2 is 1.91 bits per heavy atom. The number of carbonyl (C=O) groups excluding carboxylic acids is 1. The Bertz CT molecular complexity index is 1220.